The molecule has 0 heterocycles. The van der Waals surface area contributed by atoms with Crippen LogP contribution < -0.4 is 0 Å². The van der Waals surface area contributed by atoms with Crippen LogP contribution in [0.4, 0.5) is 0 Å². The van der Waals surface area contributed by atoms with Crippen LogP contribution in [-0.2, 0) is 21.7 Å². The molecule has 0 aromatic heterocycles. The summed E-state index contributed by atoms with van der Waals surface area (Å²) in [6.07, 6.45) is 0. The summed E-state index contributed by atoms with van der Waals surface area (Å²) in [5.41, 5.74) is 0. The predicted octanol–water partition coefficient (Wildman–Crippen LogP) is 4.80. The van der Waals surface area contributed by atoms with E-state index in [1.165, 1.54) is 5.06 Å². The van der Waals surface area contributed by atoms with Gasteiger partial charge in [0.05, 0.1) is 0 Å². The van der Waals surface area contributed by atoms with Crippen LogP contribution in [0.2, 0.25) is 0 Å². The molecule has 1 aliphatic carbocycles. The van der Waals surface area contributed by atoms with Crippen molar-refractivity contribution >= 4 is 0 Å². The molecule has 0 aromatic rings. The van der Waals surface area contributed by atoms with Crippen molar-refractivity contribution in [2.24, 2.45) is 29.6 Å². The Morgan fingerprint density at radius 2 is 0.842 bits per heavy atom. The van der Waals surface area contributed by atoms with Gasteiger partial charge in [0, 0.05) is 13.1 Å². The molecule has 1 aliphatic rings. The maximum absolute atomic E-state index is 8.50. The van der Waals surface area contributed by atoms with Crippen LogP contribution >= 0.6 is 0 Å². The van der Waals surface area contributed by atoms with E-state index in [4.69, 9.17) is 5.21 Å². The second kappa shape index (κ2) is 13.6. The Morgan fingerprint density at radius 1 is 0.684 bits per heavy atom. The second-order valence-corrected chi connectivity index (χ2v) is 5.43. The van der Waals surface area contributed by atoms with Crippen molar-refractivity contribution in [2.45, 2.75) is 48.5 Å². The summed E-state index contributed by atoms with van der Waals surface area (Å²) < 4.78 is 0. The quantitative estimate of drug-likeness (QED) is 0.450. The van der Waals surface area contributed by atoms with Gasteiger partial charge in [-0.3, -0.25) is 0 Å². The molecule has 1 fully saturated rings. The van der Waals surface area contributed by atoms with Crippen LogP contribution in [0.25, 0.3) is 0 Å². The smallest absolute Gasteiger partial charge is 0.358 e. The standard InChI is InChI=1S/C10H20.C4H11NO.2CH3.Ti/c1-6-7(2)9(4)10(5)8(6)3;1-3-5(6)4-2;;;/h6-10H,1-5H3;6H,3-4H2,1-2H3;2*1H3;/q;;2*-1;+3. The molecule has 0 aliphatic heterocycles. The minimum atomic E-state index is 0. The topological polar surface area (TPSA) is 23.5 Å². The first-order valence-corrected chi connectivity index (χ1v) is 6.80. The SMILES string of the molecule is CC1C(C)C(C)C(C)C1C.CCN(O)CC.[CH3-].[CH3-].[Ti+3]. The van der Waals surface area contributed by atoms with E-state index in [-0.39, 0.29) is 36.6 Å². The normalized spacial score (nSPS) is 32.4. The number of nitrogens with zero attached hydrogens (tertiary/aromatic N) is 1. The summed E-state index contributed by atoms with van der Waals surface area (Å²) in [5, 5.41) is 9.75. The van der Waals surface area contributed by atoms with Crippen LogP contribution in [0, 0.1) is 44.4 Å². The summed E-state index contributed by atoms with van der Waals surface area (Å²) >= 11 is 0. The third-order valence-corrected chi connectivity index (χ3v) is 4.88. The van der Waals surface area contributed by atoms with Gasteiger partial charge in [-0.1, -0.05) is 48.5 Å². The summed E-state index contributed by atoms with van der Waals surface area (Å²) in [7, 11) is 0. The molecule has 115 valence electrons. The first-order chi connectivity index (χ1) is 7.36. The number of rotatable bonds is 2. The van der Waals surface area contributed by atoms with Crippen molar-refractivity contribution in [1.29, 1.82) is 0 Å². The van der Waals surface area contributed by atoms with E-state index in [1.807, 2.05) is 13.8 Å². The van der Waals surface area contributed by atoms with Crippen molar-refractivity contribution in [1.82, 2.24) is 5.06 Å². The first kappa shape index (κ1) is 27.9. The maximum atomic E-state index is 8.50. The van der Waals surface area contributed by atoms with Crippen molar-refractivity contribution in [2.75, 3.05) is 13.1 Å². The molecule has 2 nitrogen and oxygen atoms in total. The van der Waals surface area contributed by atoms with Gasteiger partial charge in [-0.2, -0.15) is 5.06 Å². The molecule has 1 radical (unpaired) electrons. The van der Waals surface area contributed by atoms with Crippen molar-refractivity contribution in [3.05, 3.63) is 14.9 Å². The van der Waals surface area contributed by atoms with Gasteiger partial charge >= 0.3 is 21.7 Å². The van der Waals surface area contributed by atoms with Crippen LogP contribution in [0.1, 0.15) is 48.5 Å². The first-order valence-electron chi connectivity index (χ1n) is 6.80. The minimum Gasteiger partial charge on any atom is -0.358 e. The molecule has 0 amide bonds. The van der Waals surface area contributed by atoms with Crippen molar-refractivity contribution < 1.29 is 26.9 Å². The van der Waals surface area contributed by atoms with Gasteiger partial charge < -0.3 is 20.1 Å². The number of hydrogen-bond donors (Lipinski definition) is 1. The van der Waals surface area contributed by atoms with Crippen LogP contribution in [0.3, 0.4) is 0 Å². The molecule has 0 atom stereocenters. The summed E-state index contributed by atoms with van der Waals surface area (Å²) in [6.45, 7) is 17.2. The zero-order chi connectivity index (χ0) is 12.9. The monoisotopic (exact) mass is 307 g/mol. The van der Waals surface area contributed by atoms with Crippen molar-refractivity contribution in [3.63, 3.8) is 0 Å². The Hall–Kier alpha value is 0.634. The van der Waals surface area contributed by atoms with E-state index in [0.717, 1.165) is 42.7 Å². The number of hydrogen-bond acceptors (Lipinski definition) is 2. The van der Waals surface area contributed by atoms with Crippen LogP contribution in [0.5, 0.6) is 0 Å². The predicted molar refractivity (Wildman–Crippen MR) is 83.4 cm³/mol. The van der Waals surface area contributed by atoms with E-state index < -0.39 is 0 Å². The van der Waals surface area contributed by atoms with Gasteiger partial charge in [-0.05, 0) is 29.6 Å². The Morgan fingerprint density at radius 3 is 0.895 bits per heavy atom. The molecule has 0 spiro atoms. The van der Waals surface area contributed by atoms with Crippen molar-refractivity contribution in [3.8, 4) is 0 Å². The Bertz CT molecular complexity index is 141. The third-order valence-electron chi connectivity index (χ3n) is 4.88. The molecule has 1 saturated carbocycles. The molecule has 0 bridgehead atoms. The minimum absolute atomic E-state index is 0. The van der Waals surface area contributed by atoms with Crippen LogP contribution in [-0.4, -0.2) is 23.4 Å². The molecule has 0 unspecified atom stereocenters. The largest absolute Gasteiger partial charge is 3.00 e. The zero-order valence-electron chi connectivity index (χ0n) is 14.7. The fraction of sp³-hybridized carbons (Fsp3) is 0.875. The fourth-order valence-electron chi connectivity index (χ4n) is 2.62. The Balaban J connectivity index is -0.000000112. The molecule has 1 N–H and O–H groups in total. The van der Waals surface area contributed by atoms with Gasteiger partial charge in [-0.25, -0.2) is 0 Å². The van der Waals surface area contributed by atoms with Gasteiger partial charge in [-0.15, -0.1) is 0 Å². The molecular weight excluding hydrogens is 270 g/mol. The molecular formula is C16H37NOTi+. The summed E-state index contributed by atoms with van der Waals surface area (Å²) in [5.74, 6) is 4.68. The summed E-state index contributed by atoms with van der Waals surface area (Å²) in [6, 6.07) is 0. The maximum Gasteiger partial charge on any atom is 3.00 e. The molecule has 19 heavy (non-hydrogen) atoms. The van der Waals surface area contributed by atoms with Gasteiger partial charge in [0.1, 0.15) is 0 Å². The zero-order valence-corrected chi connectivity index (χ0v) is 16.3. The third kappa shape index (κ3) is 8.50. The average molecular weight is 307 g/mol. The van der Waals surface area contributed by atoms with Gasteiger partial charge in [0.2, 0.25) is 0 Å². The van der Waals surface area contributed by atoms with E-state index >= 15 is 0 Å². The Kier molecular flexibility index (Phi) is 20.0. The molecule has 0 aromatic carbocycles. The number of hydroxylamine groups is 2. The Labute approximate surface area is 138 Å². The molecule has 1 rings (SSSR count). The van der Waals surface area contributed by atoms with E-state index in [9.17, 15) is 0 Å². The van der Waals surface area contributed by atoms with Crippen LogP contribution in [0.15, 0.2) is 0 Å². The van der Waals surface area contributed by atoms with E-state index in [1.54, 1.807) is 0 Å². The van der Waals surface area contributed by atoms with E-state index in [0.29, 0.717) is 0 Å². The van der Waals surface area contributed by atoms with Gasteiger partial charge in [0.25, 0.3) is 0 Å². The van der Waals surface area contributed by atoms with Gasteiger partial charge in [0.15, 0.2) is 0 Å². The average Bonchev–Trinajstić information content (AvgIpc) is 2.47. The fourth-order valence-corrected chi connectivity index (χ4v) is 2.62. The summed E-state index contributed by atoms with van der Waals surface area (Å²) in [4.78, 5) is 0. The second-order valence-electron chi connectivity index (χ2n) is 5.43. The molecule has 0 saturated heterocycles. The molecule has 3 heteroatoms. The van der Waals surface area contributed by atoms with E-state index in [2.05, 4.69) is 34.6 Å².